The smallest absolute Gasteiger partial charge is 0.227 e. The number of nitrogens with zero attached hydrogens (tertiary/aromatic N) is 5. The Bertz CT molecular complexity index is 648. The second kappa shape index (κ2) is 8.42. The van der Waals surface area contributed by atoms with Crippen molar-refractivity contribution >= 4 is 17.7 Å². The van der Waals surface area contributed by atoms with E-state index in [1.54, 1.807) is 0 Å². The lowest BCUT2D eigenvalue weighted by molar-refractivity contribution is -0.132. The summed E-state index contributed by atoms with van der Waals surface area (Å²) in [7, 11) is 0. The van der Waals surface area contributed by atoms with Crippen LogP contribution in [0.5, 0.6) is 0 Å². The molecule has 0 aromatic carbocycles. The molecular formula is C20H31N5O2. The first-order valence-electron chi connectivity index (χ1n) is 10.4. The van der Waals surface area contributed by atoms with Gasteiger partial charge < -0.3 is 19.4 Å². The van der Waals surface area contributed by atoms with E-state index in [1.807, 2.05) is 11.8 Å². The molecular weight excluding hydrogens is 342 g/mol. The van der Waals surface area contributed by atoms with Crippen LogP contribution in [0, 0.1) is 12.8 Å². The van der Waals surface area contributed by atoms with Crippen molar-refractivity contribution in [2.24, 2.45) is 5.92 Å². The molecule has 1 aliphatic carbocycles. The molecule has 27 heavy (non-hydrogen) atoms. The average molecular weight is 374 g/mol. The lowest BCUT2D eigenvalue weighted by Crippen LogP contribution is -2.49. The second-order valence-electron chi connectivity index (χ2n) is 7.99. The highest BCUT2D eigenvalue weighted by Gasteiger charge is 2.26. The summed E-state index contributed by atoms with van der Waals surface area (Å²) < 4.78 is 5.45. The molecule has 0 spiro atoms. The van der Waals surface area contributed by atoms with Gasteiger partial charge in [-0.25, -0.2) is 4.98 Å². The molecule has 1 saturated carbocycles. The Morgan fingerprint density at radius 1 is 1.04 bits per heavy atom. The zero-order chi connectivity index (χ0) is 18.6. The fourth-order valence-corrected chi connectivity index (χ4v) is 4.38. The molecule has 2 saturated heterocycles. The Morgan fingerprint density at radius 2 is 1.74 bits per heavy atom. The number of ether oxygens (including phenoxy) is 1. The molecule has 148 valence electrons. The predicted octanol–water partition coefficient (Wildman–Crippen LogP) is 1.85. The molecule has 3 fully saturated rings. The van der Waals surface area contributed by atoms with Gasteiger partial charge in [0.15, 0.2) is 0 Å². The van der Waals surface area contributed by atoms with E-state index in [2.05, 4.69) is 20.9 Å². The Hall–Kier alpha value is -1.89. The molecule has 4 rings (SSSR count). The minimum atomic E-state index is 0.334. The van der Waals surface area contributed by atoms with Crippen molar-refractivity contribution in [3.05, 3.63) is 11.8 Å². The van der Waals surface area contributed by atoms with Crippen LogP contribution in [0.3, 0.4) is 0 Å². The van der Waals surface area contributed by atoms with Crippen LogP contribution >= 0.6 is 0 Å². The first kappa shape index (κ1) is 18.5. The van der Waals surface area contributed by atoms with Crippen LogP contribution < -0.4 is 9.80 Å². The van der Waals surface area contributed by atoms with Gasteiger partial charge in [0, 0.05) is 57.4 Å². The highest BCUT2D eigenvalue weighted by Crippen LogP contribution is 2.28. The van der Waals surface area contributed by atoms with Gasteiger partial charge in [-0.2, -0.15) is 4.98 Å². The maximum absolute atomic E-state index is 12.6. The molecule has 3 aliphatic rings. The first-order valence-corrected chi connectivity index (χ1v) is 10.4. The minimum Gasteiger partial charge on any atom is -0.378 e. The lowest BCUT2D eigenvalue weighted by atomic mass is 10.0. The van der Waals surface area contributed by atoms with E-state index < -0.39 is 0 Å². The minimum absolute atomic E-state index is 0.334. The van der Waals surface area contributed by atoms with Crippen molar-refractivity contribution in [1.29, 1.82) is 0 Å². The molecule has 7 nitrogen and oxygen atoms in total. The SMILES string of the molecule is Cc1cc(N2CCOCC2)nc(N2CCN(C(=O)CC3CCCC3)CC2)n1. The van der Waals surface area contributed by atoms with E-state index in [0.717, 1.165) is 76.4 Å². The number of carbonyl (C=O) groups excluding carboxylic acids is 1. The number of morpholine rings is 1. The number of hydrogen-bond donors (Lipinski definition) is 0. The van der Waals surface area contributed by atoms with Gasteiger partial charge >= 0.3 is 0 Å². The monoisotopic (exact) mass is 373 g/mol. The van der Waals surface area contributed by atoms with Gasteiger partial charge in [0.05, 0.1) is 13.2 Å². The highest BCUT2D eigenvalue weighted by atomic mass is 16.5. The second-order valence-corrected chi connectivity index (χ2v) is 7.99. The number of hydrogen-bond acceptors (Lipinski definition) is 6. The summed E-state index contributed by atoms with van der Waals surface area (Å²) in [6.07, 6.45) is 5.78. The fourth-order valence-electron chi connectivity index (χ4n) is 4.38. The number of aromatic nitrogens is 2. The quantitative estimate of drug-likeness (QED) is 0.803. The summed E-state index contributed by atoms with van der Waals surface area (Å²) in [5, 5.41) is 0. The largest absolute Gasteiger partial charge is 0.378 e. The van der Waals surface area contributed by atoms with Crippen LogP contribution in [0.15, 0.2) is 6.07 Å². The third kappa shape index (κ3) is 4.51. The van der Waals surface area contributed by atoms with Crippen molar-refractivity contribution in [3.63, 3.8) is 0 Å². The molecule has 3 heterocycles. The first-order chi connectivity index (χ1) is 13.2. The van der Waals surface area contributed by atoms with Crippen LogP contribution in [-0.2, 0) is 9.53 Å². The summed E-state index contributed by atoms with van der Waals surface area (Å²) in [6.45, 7) is 8.44. The molecule has 0 atom stereocenters. The van der Waals surface area contributed by atoms with Crippen molar-refractivity contribution < 1.29 is 9.53 Å². The Labute approximate surface area is 161 Å². The average Bonchev–Trinajstić information content (AvgIpc) is 3.21. The summed E-state index contributed by atoms with van der Waals surface area (Å²) >= 11 is 0. The Morgan fingerprint density at radius 3 is 2.44 bits per heavy atom. The molecule has 1 aromatic rings. The molecule has 2 aliphatic heterocycles. The molecule has 1 amide bonds. The highest BCUT2D eigenvalue weighted by molar-refractivity contribution is 5.76. The third-order valence-corrected chi connectivity index (χ3v) is 6.02. The molecule has 0 radical (unpaired) electrons. The zero-order valence-corrected chi connectivity index (χ0v) is 16.4. The van der Waals surface area contributed by atoms with Crippen LogP contribution in [0.25, 0.3) is 0 Å². The number of amides is 1. The van der Waals surface area contributed by atoms with Crippen molar-refractivity contribution in [1.82, 2.24) is 14.9 Å². The number of anilines is 2. The van der Waals surface area contributed by atoms with E-state index in [0.29, 0.717) is 11.8 Å². The van der Waals surface area contributed by atoms with Crippen molar-refractivity contribution in [2.45, 2.75) is 39.0 Å². The third-order valence-electron chi connectivity index (χ3n) is 6.02. The Kier molecular flexibility index (Phi) is 5.76. The van der Waals surface area contributed by atoms with Gasteiger partial charge in [0.25, 0.3) is 0 Å². The zero-order valence-electron chi connectivity index (χ0n) is 16.4. The summed E-state index contributed by atoms with van der Waals surface area (Å²) in [6, 6.07) is 2.05. The Balaban J connectivity index is 1.36. The predicted molar refractivity (Wildman–Crippen MR) is 105 cm³/mol. The summed E-state index contributed by atoms with van der Waals surface area (Å²) in [5.74, 6) is 2.73. The van der Waals surface area contributed by atoms with E-state index in [9.17, 15) is 4.79 Å². The lowest BCUT2D eigenvalue weighted by Gasteiger charge is -2.36. The number of piperazine rings is 1. The normalized spacial score (nSPS) is 21.7. The number of carbonyl (C=O) groups is 1. The summed E-state index contributed by atoms with van der Waals surface area (Å²) in [5.41, 5.74) is 0.987. The van der Waals surface area contributed by atoms with E-state index in [1.165, 1.54) is 25.7 Å². The van der Waals surface area contributed by atoms with Crippen molar-refractivity contribution in [2.75, 3.05) is 62.3 Å². The van der Waals surface area contributed by atoms with Crippen LogP contribution in [0.2, 0.25) is 0 Å². The van der Waals surface area contributed by atoms with E-state index in [-0.39, 0.29) is 0 Å². The van der Waals surface area contributed by atoms with Crippen LogP contribution in [0.4, 0.5) is 11.8 Å². The van der Waals surface area contributed by atoms with Crippen molar-refractivity contribution in [3.8, 4) is 0 Å². The van der Waals surface area contributed by atoms with Gasteiger partial charge in [0.2, 0.25) is 11.9 Å². The van der Waals surface area contributed by atoms with Gasteiger partial charge in [-0.05, 0) is 25.7 Å². The molecule has 0 unspecified atom stereocenters. The topological polar surface area (TPSA) is 61.8 Å². The molecule has 0 N–H and O–H groups in total. The fraction of sp³-hybridized carbons (Fsp3) is 0.750. The maximum atomic E-state index is 12.6. The van der Waals surface area contributed by atoms with Gasteiger partial charge in [0.1, 0.15) is 5.82 Å². The van der Waals surface area contributed by atoms with Crippen LogP contribution in [-0.4, -0.2) is 73.3 Å². The van der Waals surface area contributed by atoms with Crippen LogP contribution in [0.1, 0.15) is 37.8 Å². The molecule has 0 bridgehead atoms. The van der Waals surface area contributed by atoms with Gasteiger partial charge in [-0.3, -0.25) is 4.79 Å². The van der Waals surface area contributed by atoms with Gasteiger partial charge in [-0.1, -0.05) is 12.8 Å². The molecule has 1 aromatic heterocycles. The maximum Gasteiger partial charge on any atom is 0.227 e. The molecule has 7 heteroatoms. The number of aryl methyl sites for hydroxylation is 1. The van der Waals surface area contributed by atoms with Gasteiger partial charge in [-0.15, -0.1) is 0 Å². The number of rotatable bonds is 4. The van der Waals surface area contributed by atoms with E-state index in [4.69, 9.17) is 9.72 Å². The summed E-state index contributed by atoms with van der Waals surface area (Å²) in [4.78, 5) is 28.6. The van der Waals surface area contributed by atoms with E-state index >= 15 is 0 Å². The standard InChI is InChI=1S/C20H31N5O2/c1-16-14-18(23-10-12-27-13-11-23)22-20(21-16)25-8-6-24(7-9-25)19(26)15-17-4-2-3-5-17/h14,17H,2-13,15H2,1H3.